The van der Waals surface area contributed by atoms with Crippen molar-refractivity contribution in [3.8, 4) is 22.6 Å². The third kappa shape index (κ3) is 1.95. The molecule has 0 amide bonds. The highest BCUT2D eigenvalue weighted by molar-refractivity contribution is 5.95. The second-order valence-electron chi connectivity index (χ2n) is 5.26. The Morgan fingerprint density at radius 1 is 1.05 bits per heavy atom. The summed E-state index contributed by atoms with van der Waals surface area (Å²) in [5.41, 5.74) is 10.8. The average molecular weight is 289 g/mol. The summed E-state index contributed by atoms with van der Waals surface area (Å²) in [6, 6.07) is 14.3. The number of nitrogens with zero attached hydrogens (tertiary/aromatic N) is 3. The van der Waals surface area contributed by atoms with Gasteiger partial charge in [0.15, 0.2) is 0 Å². The van der Waals surface area contributed by atoms with Crippen LogP contribution in [-0.2, 0) is 7.05 Å². The van der Waals surface area contributed by atoms with E-state index in [1.807, 2.05) is 12.1 Å². The van der Waals surface area contributed by atoms with Gasteiger partial charge in [0.1, 0.15) is 0 Å². The predicted molar refractivity (Wildman–Crippen MR) is 88.1 cm³/mol. The lowest BCUT2D eigenvalue weighted by Crippen LogP contribution is -1.95. The Morgan fingerprint density at radius 3 is 2.73 bits per heavy atom. The first-order valence-electron chi connectivity index (χ1n) is 7.05. The number of H-pyrrole nitrogens is 1. The fourth-order valence-corrected chi connectivity index (χ4v) is 2.78. The van der Waals surface area contributed by atoms with Crippen LogP contribution >= 0.6 is 0 Å². The topological polar surface area (TPSA) is 72.5 Å². The lowest BCUT2D eigenvalue weighted by atomic mass is 10.1. The minimum atomic E-state index is 0.277. The summed E-state index contributed by atoms with van der Waals surface area (Å²) in [5, 5.41) is 1.22. The monoisotopic (exact) mass is 289 g/mol. The number of rotatable bonds is 2. The average Bonchev–Trinajstić information content (AvgIpc) is 3.13. The van der Waals surface area contributed by atoms with Gasteiger partial charge in [-0.1, -0.05) is 18.2 Å². The Bertz CT molecular complexity index is 964. The largest absolute Gasteiger partial charge is 0.368 e. The van der Waals surface area contributed by atoms with E-state index in [0.29, 0.717) is 0 Å². The first kappa shape index (κ1) is 12.6. The van der Waals surface area contributed by atoms with Gasteiger partial charge in [-0.25, -0.2) is 9.97 Å². The van der Waals surface area contributed by atoms with Crippen molar-refractivity contribution in [2.75, 3.05) is 5.73 Å². The molecule has 3 N–H and O–H groups in total. The Labute approximate surface area is 127 Å². The zero-order valence-corrected chi connectivity index (χ0v) is 12.1. The molecular weight excluding hydrogens is 274 g/mol. The minimum Gasteiger partial charge on any atom is -0.368 e. The van der Waals surface area contributed by atoms with E-state index in [4.69, 9.17) is 5.73 Å². The quantitative estimate of drug-likeness (QED) is 0.595. The maximum Gasteiger partial charge on any atom is 0.220 e. The molecule has 0 unspecified atom stereocenters. The van der Waals surface area contributed by atoms with E-state index in [-0.39, 0.29) is 5.95 Å². The van der Waals surface area contributed by atoms with Crippen LogP contribution in [0.25, 0.3) is 33.5 Å². The summed E-state index contributed by atoms with van der Waals surface area (Å²) in [7, 11) is 2.06. The summed E-state index contributed by atoms with van der Waals surface area (Å²) in [5.74, 6) is 0.277. The van der Waals surface area contributed by atoms with Gasteiger partial charge in [-0.15, -0.1) is 0 Å². The van der Waals surface area contributed by atoms with E-state index in [9.17, 15) is 0 Å². The van der Waals surface area contributed by atoms with Crippen LogP contribution in [0.15, 0.2) is 54.9 Å². The van der Waals surface area contributed by atoms with Crippen LogP contribution in [0, 0.1) is 0 Å². The summed E-state index contributed by atoms with van der Waals surface area (Å²) < 4.78 is 2.13. The predicted octanol–water partition coefficient (Wildman–Crippen LogP) is 3.21. The molecule has 22 heavy (non-hydrogen) atoms. The SMILES string of the molecule is Cn1cc(-c2ccc(-c3ccnc(N)n3)[nH]2)c2ccccc21. The molecule has 0 fully saturated rings. The lowest BCUT2D eigenvalue weighted by molar-refractivity contribution is 0.970. The van der Waals surface area contributed by atoms with Crippen molar-refractivity contribution in [1.82, 2.24) is 19.5 Å². The smallest absolute Gasteiger partial charge is 0.220 e. The van der Waals surface area contributed by atoms with Crippen molar-refractivity contribution in [2.24, 2.45) is 7.05 Å². The van der Waals surface area contributed by atoms with E-state index in [1.54, 1.807) is 6.20 Å². The number of hydrogen-bond donors (Lipinski definition) is 2. The number of para-hydroxylation sites is 1. The molecule has 4 rings (SSSR count). The van der Waals surface area contributed by atoms with Gasteiger partial charge in [0, 0.05) is 41.6 Å². The molecule has 0 spiro atoms. The number of fused-ring (bicyclic) bond motifs is 1. The number of benzene rings is 1. The van der Waals surface area contributed by atoms with Crippen LogP contribution in [0.4, 0.5) is 5.95 Å². The Balaban J connectivity index is 1.84. The third-order valence-corrected chi connectivity index (χ3v) is 3.82. The number of aromatic amines is 1. The lowest BCUT2D eigenvalue weighted by Gasteiger charge is -1.99. The molecule has 0 saturated heterocycles. The van der Waals surface area contributed by atoms with Crippen molar-refractivity contribution >= 4 is 16.9 Å². The summed E-state index contributed by atoms with van der Waals surface area (Å²) in [4.78, 5) is 11.6. The van der Waals surface area contributed by atoms with Crippen molar-refractivity contribution in [3.63, 3.8) is 0 Å². The molecule has 0 atom stereocenters. The molecule has 4 aromatic rings. The molecule has 108 valence electrons. The molecule has 0 saturated carbocycles. The normalized spacial score (nSPS) is 11.1. The van der Waals surface area contributed by atoms with E-state index in [1.165, 1.54) is 16.5 Å². The molecule has 5 heteroatoms. The number of nitrogens with one attached hydrogen (secondary N) is 1. The number of nitrogen functional groups attached to an aromatic ring is 1. The minimum absolute atomic E-state index is 0.277. The highest BCUT2D eigenvalue weighted by Crippen LogP contribution is 2.31. The van der Waals surface area contributed by atoms with Crippen molar-refractivity contribution in [1.29, 1.82) is 0 Å². The van der Waals surface area contributed by atoms with Gasteiger partial charge in [0.2, 0.25) is 5.95 Å². The molecule has 3 heterocycles. The molecular formula is C17H15N5. The van der Waals surface area contributed by atoms with E-state index < -0.39 is 0 Å². The Kier molecular flexibility index (Phi) is 2.72. The maximum absolute atomic E-state index is 5.65. The second-order valence-corrected chi connectivity index (χ2v) is 5.26. The Hall–Kier alpha value is -3.08. The second kappa shape index (κ2) is 4.73. The fraction of sp³-hybridized carbons (Fsp3) is 0.0588. The van der Waals surface area contributed by atoms with Gasteiger partial charge < -0.3 is 15.3 Å². The molecule has 0 aliphatic carbocycles. The van der Waals surface area contributed by atoms with Crippen LogP contribution in [0.2, 0.25) is 0 Å². The number of aryl methyl sites for hydroxylation is 1. The van der Waals surface area contributed by atoms with E-state index in [2.05, 4.69) is 63.1 Å². The highest BCUT2D eigenvalue weighted by Gasteiger charge is 2.11. The fourth-order valence-electron chi connectivity index (χ4n) is 2.78. The van der Waals surface area contributed by atoms with Gasteiger partial charge in [0.25, 0.3) is 0 Å². The zero-order chi connectivity index (χ0) is 15.1. The maximum atomic E-state index is 5.65. The van der Waals surface area contributed by atoms with Crippen LogP contribution in [-0.4, -0.2) is 19.5 Å². The first-order chi connectivity index (χ1) is 10.7. The first-order valence-corrected chi connectivity index (χ1v) is 7.05. The molecule has 5 nitrogen and oxygen atoms in total. The van der Waals surface area contributed by atoms with Crippen LogP contribution in [0.1, 0.15) is 0 Å². The van der Waals surface area contributed by atoms with Crippen LogP contribution in [0.3, 0.4) is 0 Å². The molecule has 0 aliphatic heterocycles. The molecule has 3 aromatic heterocycles. The van der Waals surface area contributed by atoms with Crippen molar-refractivity contribution in [3.05, 3.63) is 54.9 Å². The van der Waals surface area contributed by atoms with Crippen LogP contribution < -0.4 is 5.73 Å². The summed E-state index contributed by atoms with van der Waals surface area (Å²) in [6.45, 7) is 0. The van der Waals surface area contributed by atoms with Gasteiger partial charge in [0.05, 0.1) is 11.4 Å². The standard InChI is InChI=1S/C17H15N5/c1-22-10-12(11-4-2-3-5-16(11)22)13-6-7-14(20-13)15-8-9-19-17(18)21-15/h2-10,20H,1H3,(H2,18,19,21). The third-order valence-electron chi connectivity index (χ3n) is 3.82. The van der Waals surface area contributed by atoms with Gasteiger partial charge in [-0.2, -0.15) is 0 Å². The van der Waals surface area contributed by atoms with Gasteiger partial charge in [-0.05, 0) is 24.3 Å². The van der Waals surface area contributed by atoms with Crippen molar-refractivity contribution < 1.29 is 0 Å². The highest BCUT2D eigenvalue weighted by atomic mass is 15.0. The Morgan fingerprint density at radius 2 is 1.86 bits per heavy atom. The number of aromatic nitrogens is 4. The number of anilines is 1. The van der Waals surface area contributed by atoms with E-state index >= 15 is 0 Å². The summed E-state index contributed by atoms with van der Waals surface area (Å²) >= 11 is 0. The van der Waals surface area contributed by atoms with E-state index in [0.717, 1.165) is 17.1 Å². The molecule has 0 bridgehead atoms. The number of nitrogens with two attached hydrogens (primary N) is 1. The van der Waals surface area contributed by atoms with Gasteiger partial charge >= 0.3 is 0 Å². The van der Waals surface area contributed by atoms with Crippen molar-refractivity contribution in [2.45, 2.75) is 0 Å². The van der Waals surface area contributed by atoms with Crippen LogP contribution in [0.5, 0.6) is 0 Å². The molecule has 1 aromatic carbocycles. The zero-order valence-electron chi connectivity index (χ0n) is 12.1. The summed E-state index contributed by atoms with van der Waals surface area (Å²) in [6.07, 6.45) is 3.80. The molecule has 0 radical (unpaired) electrons. The number of hydrogen-bond acceptors (Lipinski definition) is 3. The van der Waals surface area contributed by atoms with Gasteiger partial charge in [-0.3, -0.25) is 0 Å². The molecule has 0 aliphatic rings.